The molecule has 0 aliphatic heterocycles. The third-order valence-electron chi connectivity index (χ3n) is 3.72. The number of halogens is 1. The lowest BCUT2D eigenvalue weighted by atomic mass is 10.1. The molecule has 0 atom stereocenters. The Balaban J connectivity index is 0.00000225. The van der Waals surface area contributed by atoms with E-state index in [2.05, 4.69) is 16.4 Å². The van der Waals surface area contributed by atoms with Crippen molar-refractivity contribution < 1.29 is 9.53 Å². The lowest BCUT2D eigenvalue weighted by Gasteiger charge is -2.12. The summed E-state index contributed by atoms with van der Waals surface area (Å²) in [5, 5.41) is 13.5. The molecule has 1 heterocycles. The van der Waals surface area contributed by atoms with Crippen LogP contribution >= 0.6 is 12.4 Å². The maximum atomic E-state index is 11.5. The number of aromatic nitrogens is 1. The van der Waals surface area contributed by atoms with Crippen molar-refractivity contribution >= 4 is 40.7 Å². The van der Waals surface area contributed by atoms with Crippen LogP contribution < -0.4 is 5.32 Å². The molecule has 6 heteroatoms. The van der Waals surface area contributed by atoms with E-state index in [-0.39, 0.29) is 18.4 Å². The molecule has 126 valence electrons. The van der Waals surface area contributed by atoms with E-state index in [1.165, 1.54) is 7.11 Å². The normalized spacial score (nSPS) is 9.80. The van der Waals surface area contributed by atoms with Gasteiger partial charge in [-0.15, -0.1) is 12.4 Å². The monoisotopic (exact) mass is 353 g/mol. The molecule has 5 nitrogen and oxygen atoms in total. The van der Waals surface area contributed by atoms with Gasteiger partial charge < -0.3 is 10.1 Å². The van der Waals surface area contributed by atoms with Gasteiger partial charge in [-0.25, -0.2) is 4.79 Å². The molecule has 0 bridgehead atoms. The zero-order chi connectivity index (χ0) is 17.1. The second kappa shape index (κ2) is 7.65. The van der Waals surface area contributed by atoms with E-state index in [0.717, 1.165) is 22.2 Å². The van der Waals surface area contributed by atoms with Crippen LogP contribution in [-0.4, -0.2) is 18.1 Å². The predicted octanol–water partition coefficient (Wildman–Crippen LogP) is 4.37. The first-order valence-corrected chi connectivity index (χ1v) is 7.37. The molecule has 0 spiro atoms. The second-order valence-electron chi connectivity index (χ2n) is 5.37. The number of carbonyl (C=O) groups excluding carboxylic acids is 1. The Hall–Kier alpha value is -3.10. The molecule has 2 aromatic carbocycles. The molecule has 0 radical (unpaired) electrons. The molecular formula is C19H16ClN3O2. The van der Waals surface area contributed by atoms with Crippen molar-refractivity contribution in [3.05, 3.63) is 65.4 Å². The topological polar surface area (TPSA) is 75.0 Å². The number of hydrogen-bond donors (Lipinski definition) is 1. The fourth-order valence-electron chi connectivity index (χ4n) is 2.48. The quantitative estimate of drug-likeness (QED) is 0.708. The van der Waals surface area contributed by atoms with Crippen LogP contribution in [-0.2, 0) is 4.74 Å². The van der Waals surface area contributed by atoms with Gasteiger partial charge in [0.2, 0.25) is 0 Å². The number of fused-ring (bicyclic) bond motifs is 1. The summed E-state index contributed by atoms with van der Waals surface area (Å²) >= 11 is 0. The Kier molecular flexibility index (Phi) is 5.58. The molecule has 1 aromatic heterocycles. The van der Waals surface area contributed by atoms with E-state index in [9.17, 15) is 10.1 Å². The number of pyridine rings is 1. The zero-order valence-electron chi connectivity index (χ0n) is 13.7. The van der Waals surface area contributed by atoms with Gasteiger partial charge in [0.1, 0.15) is 6.07 Å². The molecule has 0 saturated carbocycles. The molecular weight excluding hydrogens is 338 g/mol. The average Bonchev–Trinajstić information content (AvgIpc) is 2.62. The first-order chi connectivity index (χ1) is 11.6. The molecule has 0 aliphatic carbocycles. The fraction of sp³-hybridized carbons (Fsp3) is 0.105. The van der Waals surface area contributed by atoms with Crippen molar-refractivity contribution in [2.45, 2.75) is 6.92 Å². The smallest absolute Gasteiger partial charge is 0.337 e. The molecule has 0 saturated heterocycles. The minimum atomic E-state index is -0.385. The van der Waals surface area contributed by atoms with Gasteiger partial charge in [-0.3, -0.25) is 4.98 Å². The maximum absolute atomic E-state index is 11.5. The van der Waals surface area contributed by atoms with Gasteiger partial charge >= 0.3 is 5.97 Å². The van der Waals surface area contributed by atoms with Gasteiger partial charge in [0.05, 0.1) is 29.4 Å². The van der Waals surface area contributed by atoms with Crippen LogP contribution in [0.2, 0.25) is 0 Å². The van der Waals surface area contributed by atoms with Crippen LogP contribution in [0.4, 0.5) is 11.4 Å². The van der Waals surface area contributed by atoms with Gasteiger partial charge in [-0.05, 0) is 43.3 Å². The molecule has 0 amide bonds. The number of hydrogen-bond acceptors (Lipinski definition) is 5. The molecule has 3 rings (SSSR count). The standard InChI is InChI=1S/C19H15N3O2.ClH/c1-12-3-8-17-16(9-12)18(14(10-20)11-21-17)22-15-6-4-13(5-7-15)19(23)24-2;/h3-9,11H,1-2H3,(H,21,22);1H. The number of rotatable bonds is 3. The highest BCUT2D eigenvalue weighted by molar-refractivity contribution is 5.96. The SMILES string of the molecule is COC(=O)c1ccc(Nc2c(C#N)cnc3ccc(C)cc23)cc1.Cl. The van der Waals surface area contributed by atoms with E-state index in [0.29, 0.717) is 16.8 Å². The summed E-state index contributed by atoms with van der Waals surface area (Å²) < 4.78 is 4.69. The van der Waals surface area contributed by atoms with Crippen molar-refractivity contribution in [2.24, 2.45) is 0 Å². The third-order valence-corrected chi connectivity index (χ3v) is 3.72. The van der Waals surface area contributed by atoms with Crippen LogP contribution in [0.1, 0.15) is 21.5 Å². The Morgan fingerprint density at radius 2 is 1.92 bits per heavy atom. The summed E-state index contributed by atoms with van der Waals surface area (Å²) in [5.41, 5.74) is 4.31. The van der Waals surface area contributed by atoms with Gasteiger partial charge in [0, 0.05) is 17.3 Å². The van der Waals surface area contributed by atoms with E-state index in [4.69, 9.17) is 4.74 Å². The van der Waals surface area contributed by atoms with Crippen LogP contribution in [0, 0.1) is 18.3 Å². The fourth-order valence-corrected chi connectivity index (χ4v) is 2.48. The predicted molar refractivity (Wildman–Crippen MR) is 99.5 cm³/mol. The largest absolute Gasteiger partial charge is 0.465 e. The number of benzene rings is 2. The summed E-state index contributed by atoms with van der Waals surface area (Å²) in [6, 6.07) is 15.0. The van der Waals surface area contributed by atoms with Crippen molar-refractivity contribution in [3.8, 4) is 6.07 Å². The van der Waals surface area contributed by atoms with E-state index < -0.39 is 0 Å². The number of anilines is 2. The lowest BCUT2D eigenvalue weighted by molar-refractivity contribution is 0.0601. The van der Waals surface area contributed by atoms with E-state index >= 15 is 0 Å². The summed E-state index contributed by atoms with van der Waals surface area (Å²) in [6.07, 6.45) is 1.56. The Morgan fingerprint density at radius 1 is 1.20 bits per heavy atom. The third kappa shape index (κ3) is 3.70. The molecule has 1 N–H and O–H groups in total. The second-order valence-corrected chi connectivity index (χ2v) is 5.37. The Morgan fingerprint density at radius 3 is 2.56 bits per heavy atom. The van der Waals surface area contributed by atoms with E-state index in [1.807, 2.05) is 25.1 Å². The molecule has 0 aliphatic rings. The first kappa shape index (κ1) is 18.2. The summed E-state index contributed by atoms with van der Waals surface area (Å²) in [4.78, 5) is 15.8. The number of nitrogens with one attached hydrogen (secondary N) is 1. The van der Waals surface area contributed by atoms with Crippen molar-refractivity contribution in [3.63, 3.8) is 0 Å². The minimum Gasteiger partial charge on any atom is -0.465 e. The molecule has 0 fully saturated rings. The summed E-state index contributed by atoms with van der Waals surface area (Å²) in [7, 11) is 1.35. The number of aryl methyl sites for hydroxylation is 1. The van der Waals surface area contributed by atoms with Gasteiger partial charge in [-0.1, -0.05) is 11.6 Å². The van der Waals surface area contributed by atoms with Crippen LogP contribution in [0.15, 0.2) is 48.7 Å². The van der Waals surface area contributed by atoms with Gasteiger partial charge in [0.25, 0.3) is 0 Å². The van der Waals surface area contributed by atoms with Gasteiger partial charge in [-0.2, -0.15) is 5.26 Å². The van der Waals surface area contributed by atoms with Crippen LogP contribution in [0.3, 0.4) is 0 Å². The highest BCUT2D eigenvalue weighted by Crippen LogP contribution is 2.29. The zero-order valence-corrected chi connectivity index (χ0v) is 14.6. The maximum Gasteiger partial charge on any atom is 0.337 e. The van der Waals surface area contributed by atoms with Crippen molar-refractivity contribution in [2.75, 3.05) is 12.4 Å². The summed E-state index contributed by atoms with van der Waals surface area (Å²) in [6.45, 7) is 1.99. The Bertz CT molecular complexity index is 963. The molecule has 25 heavy (non-hydrogen) atoms. The number of esters is 1. The first-order valence-electron chi connectivity index (χ1n) is 7.37. The van der Waals surface area contributed by atoms with Gasteiger partial charge in [0.15, 0.2) is 0 Å². The number of carbonyl (C=O) groups is 1. The average molecular weight is 354 g/mol. The molecule has 0 unspecified atom stereocenters. The number of ether oxygens (including phenoxy) is 1. The minimum absolute atomic E-state index is 0. The van der Waals surface area contributed by atoms with E-state index in [1.54, 1.807) is 30.5 Å². The van der Waals surface area contributed by atoms with Crippen LogP contribution in [0.25, 0.3) is 10.9 Å². The highest BCUT2D eigenvalue weighted by Gasteiger charge is 2.10. The van der Waals surface area contributed by atoms with Crippen molar-refractivity contribution in [1.29, 1.82) is 5.26 Å². The number of nitrogens with zero attached hydrogens (tertiary/aromatic N) is 2. The Labute approximate surface area is 151 Å². The molecule has 3 aromatic rings. The highest BCUT2D eigenvalue weighted by atomic mass is 35.5. The lowest BCUT2D eigenvalue weighted by Crippen LogP contribution is -2.01. The summed E-state index contributed by atoms with van der Waals surface area (Å²) in [5.74, 6) is -0.385. The number of methoxy groups -OCH3 is 1. The van der Waals surface area contributed by atoms with Crippen molar-refractivity contribution in [1.82, 2.24) is 4.98 Å². The number of nitriles is 1. The van der Waals surface area contributed by atoms with Crippen LogP contribution in [0.5, 0.6) is 0 Å².